The average Bonchev–Trinajstić information content (AvgIpc) is 2.41. The third-order valence-electron chi connectivity index (χ3n) is 2.97. The molecule has 0 radical (unpaired) electrons. The molecule has 1 unspecified atom stereocenters. The normalized spacial score (nSPS) is 13.6. The molecule has 0 aliphatic carbocycles. The third-order valence-corrected chi connectivity index (χ3v) is 2.97. The van der Waals surface area contributed by atoms with Crippen LogP contribution in [-0.4, -0.2) is 16.1 Å². The van der Waals surface area contributed by atoms with Crippen LogP contribution < -0.4 is 5.32 Å². The highest BCUT2D eigenvalue weighted by Crippen LogP contribution is 2.27. The fourth-order valence-electron chi connectivity index (χ4n) is 1.77. The number of hydrogen-bond acceptors (Lipinski definition) is 3. The second-order valence-electron chi connectivity index (χ2n) is 4.43. The number of carboxylic acids is 1. The molecule has 1 atom stereocenters. The lowest BCUT2D eigenvalue weighted by Crippen LogP contribution is -2.41. The van der Waals surface area contributed by atoms with Crippen LogP contribution in [0.5, 0.6) is 0 Å². The summed E-state index contributed by atoms with van der Waals surface area (Å²) in [6, 6.07) is 6.71. The van der Waals surface area contributed by atoms with Crippen LogP contribution in [0.2, 0.25) is 0 Å². The standard InChI is InChI=1S/C14H12F2N2O2/c1-14(13(19)20,9-6-10(15)8-17-7-9)18-12-5-3-2-4-11(12)16/h2-8,18H,1H3,(H,19,20). The highest BCUT2D eigenvalue weighted by molar-refractivity contribution is 5.84. The number of aromatic nitrogens is 1. The summed E-state index contributed by atoms with van der Waals surface area (Å²) in [5.74, 6) is -2.53. The van der Waals surface area contributed by atoms with Gasteiger partial charge in [-0.3, -0.25) is 4.98 Å². The van der Waals surface area contributed by atoms with E-state index in [1.54, 1.807) is 6.07 Å². The van der Waals surface area contributed by atoms with Crippen LogP contribution in [0.25, 0.3) is 0 Å². The summed E-state index contributed by atoms with van der Waals surface area (Å²) >= 11 is 0. The molecule has 1 aromatic carbocycles. The lowest BCUT2D eigenvalue weighted by atomic mass is 9.93. The molecule has 0 spiro atoms. The predicted molar refractivity (Wildman–Crippen MR) is 69.2 cm³/mol. The fraction of sp³-hybridized carbons (Fsp3) is 0.143. The minimum absolute atomic E-state index is 0.0154. The van der Waals surface area contributed by atoms with Crippen LogP contribution in [0.1, 0.15) is 12.5 Å². The van der Waals surface area contributed by atoms with E-state index in [1.807, 2.05) is 0 Å². The molecule has 0 saturated carbocycles. The van der Waals surface area contributed by atoms with Crippen LogP contribution in [0.3, 0.4) is 0 Å². The molecule has 0 aliphatic heterocycles. The summed E-state index contributed by atoms with van der Waals surface area (Å²) in [5, 5.41) is 12.0. The molecule has 6 heteroatoms. The minimum Gasteiger partial charge on any atom is -0.479 e. The van der Waals surface area contributed by atoms with Crippen molar-refractivity contribution in [3.63, 3.8) is 0 Å². The van der Waals surface area contributed by atoms with Gasteiger partial charge in [0.05, 0.1) is 11.9 Å². The van der Waals surface area contributed by atoms with Gasteiger partial charge in [-0.15, -0.1) is 0 Å². The first-order chi connectivity index (χ1) is 9.43. The van der Waals surface area contributed by atoms with Crippen molar-refractivity contribution in [2.45, 2.75) is 12.5 Å². The van der Waals surface area contributed by atoms with Gasteiger partial charge in [-0.1, -0.05) is 12.1 Å². The number of benzene rings is 1. The lowest BCUT2D eigenvalue weighted by Gasteiger charge is -2.27. The Labute approximate surface area is 114 Å². The highest BCUT2D eigenvalue weighted by atomic mass is 19.1. The van der Waals surface area contributed by atoms with E-state index in [0.717, 1.165) is 12.3 Å². The first-order valence-electron chi connectivity index (χ1n) is 5.80. The fourth-order valence-corrected chi connectivity index (χ4v) is 1.77. The van der Waals surface area contributed by atoms with Crippen molar-refractivity contribution >= 4 is 11.7 Å². The van der Waals surface area contributed by atoms with Gasteiger partial charge < -0.3 is 10.4 Å². The maximum atomic E-state index is 13.6. The Hall–Kier alpha value is -2.50. The Kier molecular flexibility index (Phi) is 3.65. The number of nitrogens with one attached hydrogen (secondary N) is 1. The quantitative estimate of drug-likeness (QED) is 0.902. The first kappa shape index (κ1) is 13.9. The number of para-hydroxylation sites is 1. The second kappa shape index (κ2) is 5.24. The number of rotatable bonds is 4. The van der Waals surface area contributed by atoms with Crippen molar-refractivity contribution in [1.82, 2.24) is 4.98 Å². The van der Waals surface area contributed by atoms with Gasteiger partial charge in [-0.25, -0.2) is 13.6 Å². The predicted octanol–water partition coefficient (Wildman–Crippen LogP) is 2.77. The number of anilines is 1. The summed E-state index contributed by atoms with van der Waals surface area (Å²) < 4.78 is 26.9. The largest absolute Gasteiger partial charge is 0.479 e. The maximum absolute atomic E-state index is 13.6. The van der Waals surface area contributed by atoms with E-state index in [1.165, 1.54) is 31.3 Å². The van der Waals surface area contributed by atoms with E-state index >= 15 is 0 Å². The summed E-state index contributed by atoms with van der Waals surface area (Å²) in [5.41, 5.74) is -1.59. The number of carbonyl (C=O) groups is 1. The molecule has 0 aliphatic rings. The molecule has 1 heterocycles. The number of nitrogens with zero attached hydrogens (tertiary/aromatic N) is 1. The van der Waals surface area contributed by atoms with E-state index < -0.39 is 23.1 Å². The molecule has 4 nitrogen and oxygen atoms in total. The van der Waals surface area contributed by atoms with Gasteiger partial charge in [0.15, 0.2) is 5.54 Å². The van der Waals surface area contributed by atoms with E-state index in [2.05, 4.69) is 10.3 Å². The molecule has 0 fully saturated rings. The van der Waals surface area contributed by atoms with Gasteiger partial charge in [-0.05, 0) is 25.1 Å². The molecule has 1 aromatic heterocycles. The number of aliphatic carboxylic acids is 1. The summed E-state index contributed by atoms with van der Waals surface area (Å²) in [4.78, 5) is 15.1. The van der Waals surface area contributed by atoms with Gasteiger partial charge in [0.25, 0.3) is 0 Å². The van der Waals surface area contributed by atoms with E-state index in [-0.39, 0.29) is 11.3 Å². The SMILES string of the molecule is CC(Nc1ccccc1F)(C(=O)O)c1cncc(F)c1. The van der Waals surface area contributed by atoms with E-state index in [0.29, 0.717) is 0 Å². The zero-order valence-corrected chi connectivity index (χ0v) is 10.6. The molecule has 20 heavy (non-hydrogen) atoms. The average molecular weight is 278 g/mol. The van der Waals surface area contributed by atoms with Crippen LogP contribution in [0, 0.1) is 11.6 Å². The number of halogens is 2. The topological polar surface area (TPSA) is 62.2 Å². The molecule has 2 N–H and O–H groups in total. The first-order valence-corrected chi connectivity index (χ1v) is 5.80. The molecule has 2 aromatic rings. The summed E-state index contributed by atoms with van der Waals surface area (Å²) in [7, 11) is 0. The van der Waals surface area contributed by atoms with Crippen molar-refractivity contribution in [2.75, 3.05) is 5.32 Å². The highest BCUT2D eigenvalue weighted by Gasteiger charge is 2.36. The van der Waals surface area contributed by atoms with Gasteiger partial charge in [0.2, 0.25) is 0 Å². The Balaban J connectivity index is 2.46. The number of pyridine rings is 1. The molecular formula is C14H12F2N2O2. The Bertz CT molecular complexity index is 649. The second-order valence-corrected chi connectivity index (χ2v) is 4.43. The molecule has 2 rings (SSSR count). The van der Waals surface area contributed by atoms with Gasteiger partial charge in [0, 0.05) is 11.8 Å². The molecule has 0 bridgehead atoms. The van der Waals surface area contributed by atoms with Crippen LogP contribution in [-0.2, 0) is 10.3 Å². The zero-order chi connectivity index (χ0) is 14.8. The van der Waals surface area contributed by atoms with Crippen molar-refractivity contribution in [2.24, 2.45) is 0 Å². The van der Waals surface area contributed by atoms with Crippen LogP contribution in [0.15, 0.2) is 42.7 Å². The minimum atomic E-state index is -1.70. The van der Waals surface area contributed by atoms with E-state index in [9.17, 15) is 18.7 Å². The molecule has 104 valence electrons. The zero-order valence-electron chi connectivity index (χ0n) is 10.6. The van der Waals surface area contributed by atoms with Crippen LogP contribution in [0.4, 0.5) is 14.5 Å². The maximum Gasteiger partial charge on any atom is 0.333 e. The Morgan fingerprint density at radius 3 is 2.60 bits per heavy atom. The Morgan fingerprint density at radius 1 is 1.30 bits per heavy atom. The molecular weight excluding hydrogens is 266 g/mol. The summed E-state index contributed by atoms with van der Waals surface area (Å²) in [6.07, 6.45) is 2.19. The van der Waals surface area contributed by atoms with Crippen molar-refractivity contribution in [3.8, 4) is 0 Å². The lowest BCUT2D eigenvalue weighted by molar-refractivity contribution is -0.142. The number of carboxylic acid groups (broad SMARTS) is 1. The van der Waals surface area contributed by atoms with E-state index in [4.69, 9.17) is 0 Å². The van der Waals surface area contributed by atoms with Crippen molar-refractivity contribution in [1.29, 1.82) is 0 Å². The monoisotopic (exact) mass is 278 g/mol. The van der Waals surface area contributed by atoms with Gasteiger partial charge in [-0.2, -0.15) is 0 Å². The molecule has 0 amide bonds. The van der Waals surface area contributed by atoms with Crippen molar-refractivity contribution in [3.05, 3.63) is 59.9 Å². The molecule has 0 saturated heterocycles. The van der Waals surface area contributed by atoms with Gasteiger partial charge in [0.1, 0.15) is 11.6 Å². The number of hydrogen-bond donors (Lipinski definition) is 2. The Morgan fingerprint density at radius 2 is 2.00 bits per heavy atom. The summed E-state index contributed by atoms with van der Waals surface area (Å²) in [6.45, 7) is 1.32. The van der Waals surface area contributed by atoms with Crippen molar-refractivity contribution < 1.29 is 18.7 Å². The van der Waals surface area contributed by atoms with Crippen LogP contribution >= 0.6 is 0 Å². The van der Waals surface area contributed by atoms with Gasteiger partial charge >= 0.3 is 5.97 Å². The third kappa shape index (κ3) is 2.59. The smallest absolute Gasteiger partial charge is 0.333 e.